The fourth-order valence-corrected chi connectivity index (χ4v) is 2.93. The van der Waals surface area contributed by atoms with Gasteiger partial charge in [0, 0.05) is 24.3 Å². The van der Waals surface area contributed by atoms with E-state index < -0.39 is 0 Å². The van der Waals surface area contributed by atoms with E-state index in [0.717, 1.165) is 19.5 Å². The van der Waals surface area contributed by atoms with Gasteiger partial charge in [-0.25, -0.2) is 0 Å². The summed E-state index contributed by atoms with van der Waals surface area (Å²) in [6, 6.07) is 6.69. The van der Waals surface area contributed by atoms with Crippen molar-refractivity contribution in [1.29, 1.82) is 0 Å². The van der Waals surface area contributed by atoms with Crippen LogP contribution in [0.5, 0.6) is 0 Å². The Kier molecular flexibility index (Phi) is 3.96. The molecule has 0 radical (unpaired) electrons. The molecule has 1 fully saturated rings. The van der Waals surface area contributed by atoms with Crippen LogP contribution in [0.2, 0.25) is 0 Å². The van der Waals surface area contributed by atoms with Gasteiger partial charge >= 0.3 is 0 Å². The van der Waals surface area contributed by atoms with E-state index in [1.54, 1.807) is 0 Å². The number of nitrogens with zero attached hydrogens (tertiary/aromatic N) is 1. The number of hydrogen-bond acceptors (Lipinski definition) is 2. The molecule has 0 amide bonds. The summed E-state index contributed by atoms with van der Waals surface area (Å²) in [7, 11) is 2.08. The largest absolute Gasteiger partial charge is 0.371 e. The number of hydrogen-bond donors (Lipinski definition) is 1. The van der Waals surface area contributed by atoms with Gasteiger partial charge in [-0.05, 0) is 51.3 Å². The number of anilines is 1. The molecule has 0 aromatic heterocycles. The van der Waals surface area contributed by atoms with Crippen molar-refractivity contribution in [3.63, 3.8) is 0 Å². The van der Waals surface area contributed by atoms with Crippen LogP contribution in [0, 0.1) is 6.92 Å². The van der Waals surface area contributed by atoms with Gasteiger partial charge in [0.1, 0.15) is 0 Å². The monoisotopic (exact) mass is 246 g/mol. The predicted octanol–water partition coefficient (Wildman–Crippen LogP) is 3.14. The molecule has 100 valence electrons. The van der Waals surface area contributed by atoms with Crippen molar-refractivity contribution in [2.75, 3.05) is 25.0 Å². The maximum absolute atomic E-state index is 3.47. The molecule has 2 heteroatoms. The first-order chi connectivity index (χ1) is 8.59. The molecule has 0 atom stereocenters. The molecule has 0 aliphatic carbocycles. The third kappa shape index (κ3) is 2.54. The number of benzene rings is 1. The number of aryl methyl sites for hydroxylation is 2. The first-order valence-corrected chi connectivity index (χ1v) is 7.12. The third-order valence-corrected chi connectivity index (χ3v) is 4.49. The summed E-state index contributed by atoms with van der Waals surface area (Å²) in [5.41, 5.74) is 4.72. The Morgan fingerprint density at radius 2 is 1.94 bits per heavy atom. The smallest absolute Gasteiger partial charge is 0.0428 e. The van der Waals surface area contributed by atoms with Crippen molar-refractivity contribution in [3.8, 4) is 0 Å². The van der Waals surface area contributed by atoms with Gasteiger partial charge in [-0.2, -0.15) is 0 Å². The van der Waals surface area contributed by atoms with Crippen molar-refractivity contribution in [2.24, 2.45) is 0 Å². The minimum absolute atomic E-state index is 0.325. The number of piperidine rings is 1. The van der Waals surface area contributed by atoms with Crippen molar-refractivity contribution < 1.29 is 0 Å². The molecular weight excluding hydrogens is 220 g/mol. The average Bonchev–Trinajstić information content (AvgIpc) is 2.40. The molecule has 0 spiro atoms. The molecule has 1 aliphatic rings. The second kappa shape index (κ2) is 5.31. The van der Waals surface area contributed by atoms with Crippen LogP contribution in [-0.2, 0) is 6.42 Å². The van der Waals surface area contributed by atoms with Gasteiger partial charge in [-0.3, -0.25) is 0 Å². The first kappa shape index (κ1) is 13.4. The lowest BCUT2D eigenvalue weighted by atomic mass is 9.89. The quantitative estimate of drug-likeness (QED) is 0.881. The molecule has 0 saturated carbocycles. The second-order valence-corrected chi connectivity index (χ2v) is 5.73. The lowest BCUT2D eigenvalue weighted by molar-refractivity contribution is 0.305. The maximum atomic E-state index is 3.47. The molecular formula is C16H26N2. The van der Waals surface area contributed by atoms with E-state index in [-0.39, 0.29) is 0 Å². The van der Waals surface area contributed by atoms with Crippen LogP contribution < -0.4 is 10.2 Å². The average molecular weight is 246 g/mol. The molecule has 0 unspecified atom stereocenters. The Labute approximate surface area is 111 Å². The van der Waals surface area contributed by atoms with Crippen LogP contribution >= 0.6 is 0 Å². The third-order valence-electron chi connectivity index (χ3n) is 4.49. The van der Waals surface area contributed by atoms with Crippen LogP contribution in [0.25, 0.3) is 0 Å². The van der Waals surface area contributed by atoms with E-state index in [1.165, 1.54) is 29.7 Å². The minimum atomic E-state index is 0.325. The highest BCUT2D eigenvalue weighted by Crippen LogP contribution is 2.31. The van der Waals surface area contributed by atoms with Crippen LogP contribution in [0.15, 0.2) is 18.2 Å². The highest BCUT2D eigenvalue weighted by atomic mass is 15.2. The lowest BCUT2D eigenvalue weighted by Gasteiger charge is -2.41. The van der Waals surface area contributed by atoms with Gasteiger partial charge in [-0.15, -0.1) is 0 Å². The fraction of sp³-hybridized carbons (Fsp3) is 0.625. The van der Waals surface area contributed by atoms with E-state index >= 15 is 0 Å². The van der Waals surface area contributed by atoms with E-state index in [1.807, 2.05) is 0 Å². The predicted molar refractivity (Wildman–Crippen MR) is 79.5 cm³/mol. The summed E-state index contributed by atoms with van der Waals surface area (Å²) >= 11 is 0. The highest BCUT2D eigenvalue weighted by Gasteiger charge is 2.29. The molecule has 1 N–H and O–H groups in total. The van der Waals surface area contributed by atoms with Crippen LogP contribution in [0.1, 0.15) is 37.8 Å². The zero-order valence-corrected chi connectivity index (χ0v) is 12.2. The van der Waals surface area contributed by atoms with E-state index in [0.29, 0.717) is 5.54 Å². The molecule has 2 rings (SSSR count). The topological polar surface area (TPSA) is 15.3 Å². The normalized spacial score (nSPS) is 19.0. The minimum Gasteiger partial charge on any atom is -0.371 e. The molecule has 1 saturated heterocycles. The molecule has 18 heavy (non-hydrogen) atoms. The fourth-order valence-electron chi connectivity index (χ4n) is 2.93. The summed E-state index contributed by atoms with van der Waals surface area (Å²) in [5.74, 6) is 0. The number of para-hydroxylation sites is 1. The molecule has 1 aliphatic heterocycles. The maximum Gasteiger partial charge on any atom is 0.0428 e. The van der Waals surface area contributed by atoms with Gasteiger partial charge in [0.05, 0.1) is 0 Å². The van der Waals surface area contributed by atoms with Gasteiger partial charge < -0.3 is 10.2 Å². The summed E-state index contributed by atoms with van der Waals surface area (Å²) in [5, 5.41) is 3.47. The molecule has 1 aromatic carbocycles. The Morgan fingerprint density at radius 3 is 2.50 bits per heavy atom. The van der Waals surface area contributed by atoms with E-state index in [9.17, 15) is 0 Å². The molecule has 1 heterocycles. The Hall–Kier alpha value is -1.02. The summed E-state index contributed by atoms with van der Waals surface area (Å²) in [4.78, 5) is 2.58. The summed E-state index contributed by atoms with van der Waals surface area (Å²) < 4.78 is 0. The van der Waals surface area contributed by atoms with Gasteiger partial charge in [0.15, 0.2) is 0 Å². The molecule has 0 bridgehead atoms. The molecule has 2 nitrogen and oxygen atoms in total. The van der Waals surface area contributed by atoms with Gasteiger partial charge in [-0.1, -0.05) is 25.1 Å². The van der Waals surface area contributed by atoms with Crippen molar-refractivity contribution in [3.05, 3.63) is 29.3 Å². The first-order valence-electron chi connectivity index (χ1n) is 7.12. The Morgan fingerprint density at radius 1 is 1.28 bits per heavy atom. The number of nitrogens with one attached hydrogen (secondary N) is 1. The SMILES string of the molecule is CCc1cccc(C)c1N1CCC(C)(NC)CC1. The van der Waals surface area contributed by atoms with Gasteiger partial charge in [0.2, 0.25) is 0 Å². The molecule has 1 aromatic rings. The zero-order chi connectivity index (χ0) is 13.2. The van der Waals surface area contributed by atoms with Crippen LogP contribution in [0.3, 0.4) is 0 Å². The second-order valence-electron chi connectivity index (χ2n) is 5.73. The zero-order valence-electron chi connectivity index (χ0n) is 12.2. The summed E-state index contributed by atoms with van der Waals surface area (Å²) in [6.07, 6.45) is 3.57. The Balaban J connectivity index is 2.19. The van der Waals surface area contributed by atoms with Crippen molar-refractivity contribution in [1.82, 2.24) is 5.32 Å². The van der Waals surface area contributed by atoms with E-state index in [2.05, 4.69) is 56.2 Å². The van der Waals surface area contributed by atoms with Crippen LogP contribution in [0.4, 0.5) is 5.69 Å². The van der Waals surface area contributed by atoms with Crippen LogP contribution in [-0.4, -0.2) is 25.7 Å². The van der Waals surface area contributed by atoms with E-state index in [4.69, 9.17) is 0 Å². The number of rotatable bonds is 3. The van der Waals surface area contributed by atoms with Crippen molar-refractivity contribution >= 4 is 5.69 Å². The van der Waals surface area contributed by atoms with Crippen molar-refractivity contribution in [2.45, 2.75) is 45.6 Å². The summed E-state index contributed by atoms with van der Waals surface area (Å²) in [6.45, 7) is 9.15. The lowest BCUT2D eigenvalue weighted by Crippen LogP contribution is -2.50. The Bertz CT molecular complexity index is 404. The van der Waals surface area contributed by atoms with Gasteiger partial charge in [0.25, 0.3) is 0 Å². The highest BCUT2D eigenvalue weighted by molar-refractivity contribution is 5.59. The standard InChI is InChI=1S/C16H26N2/c1-5-14-8-6-7-13(2)15(14)18-11-9-16(3,17-4)10-12-18/h6-8,17H,5,9-12H2,1-4H3.